The summed E-state index contributed by atoms with van der Waals surface area (Å²) >= 11 is 1.27. The van der Waals surface area contributed by atoms with Gasteiger partial charge >= 0.3 is 0 Å². The maximum Gasteiger partial charge on any atom is 0.125 e. The molecule has 0 aliphatic rings. The normalized spacial score (nSPS) is 13.0. The summed E-state index contributed by atoms with van der Waals surface area (Å²) in [6, 6.07) is 1.84. The minimum Gasteiger partial charge on any atom is -0.384 e. The number of nitrogen functional groups attached to an aromatic ring is 1. The largest absolute Gasteiger partial charge is 0.384 e. The number of aromatic amines is 1. The van der Waals surface area contributed by atoms with Gasteiger partial charge in [-0.1, -0.05) is 0 Å². The quantitative estimate of drug-likeness (QED) is 0.685. The second kappa shape index (κ2) is 3.39. The highest BCUT2D eigenvalue weighted by atomic mass is 32.1. The molecule has 2 aromatic heterocycles. The summed E-state index contributed by atoms with van der Waals surface area (Å²) in [5.41, 5.74) is 7.08. The predicted octanol–water partition coefficient (Wildman–Crippen LogP) is 0.839. The van der Waals surface area contributed by atoms with Gasteiger partial charge in [0.05, 0.1) is 16.8 Å². The van der Waals surface area contributed by atoms with E-state index in [4.69, 9.17) is 5.73 Å². The zero-order valence-electron chi connectivity index (χ0n) is 7.56. The first-order valence-electron chi connectivity index (χ1n) is 4.08. The molecule has 0 aliphatic carbocycles. The molecular weight excluding hydrogens is 200 g/mol. The number of nitrogens with two attached hydrogens (primary N) is 1. The fourth-order valence-electron chi connectivity index (χ4n) is 1.19. The van der Waals surface area contributed by atoms with Crippen LogP contribution in [0.2, 0.25) is 0 Å². The van der Waals surface area contributed by atoms with E-state index in [2.05, 4.69) is 14.6 Å². The van der Waals surface area contributed by atoms with E-state index in [0.717, 1.165) is 10.6 Å². The van der Waals surface area contributed by atoms with Crippen molar-refractivity contribution in [3.8, 4) is 0 Å². The smallest absolute Gasteiger partial charge is 0.125 e. The number of nitrogens with one attached hydrogen (secondary N) is 1. The molecule has 2 aromatic rings. The van der Waals surface area contributed by atoms with E-state index < -0.39 is 6.10 Å². The summed E-state index contributed by atoms with van der Waals surface area (Å²) in [5, 5.41) is 16.2. The lowest BCUT2D eigenvalue weighted by molar-refractivity contribution is 0.225. The lowest BCUT2D eigenvalue weighted by atomic mass is 10.1. The zero-order valence-corrected chi connectivity index (χ0v) is 8.38. The van der Waals surface area contributed by atoms with Crippen LogP contribution in [0.15, 0.2) is 12.3 Å². The van der Waals surface area contributed by atoms with Crippen LogP contribution in [0, 0.1) is 6.92 Å². The molecule has 14 heavy (non-hydrogen) atoms. The Kier molecular flexibility index (Phi) is 2.22. The maximum absolute atomic E-state index is 9.91. The van der Waals surface area contributed by atoms with Gasteiger partial charge in [0.1, 0.15) is 11.9 Å². The Morgan fingerprint density at radius 3 is 2.93 bits per heavy atom. The highest BCUT2D eigenvalue weighted by Gasteiger charge is 2.17. The third-order valence-corrected chi connectivity index (χ3v) is 2.84. The second-order valence-electron chi connectivity index (χ2n) is 3.01. The number of anilines is 1. The van der Waals surface area contributed by atoms with Crippen molar-refractivity contribution in [3.05, 3.63) is 28.4 Å². The highest BCUT2D eigenvalue weighted by molar-refractivity contribution is 7.05. The van der Waals surface area contributed by atoms with Crippen LogP contribution in [0.3, 0.4) is 0 Å². The molecule has 5 nitrogen and oxygen atoms in total. The molecule has 6 heteroatoms. The van der Waals surface area contributed by atoms with Crippen molar-refractivity contribution in [1.82, 2.24) is 14.6 Å². The number of H-pyrrole nitrogens is 1. The molecule has 0 bridgehead atoms. The molecule has 0 fully saturated rings. The van der Waals surface area contributed by atoms with E-state index >= 15 is 0 Å². The SMILES string of the molecule is Cc1cc(C(O)c2cn[nH]c2N)sn1. The van der Waals surface area contributed by atoms with Gasteiger partial charge in [0.25, 0.3) is 0 Å². The lowest BCUT2D eigenvalue weighted by Gasteiger charge is -2.05. The van der Waals surface area contributed by atoms with Crippen LogP contribution in [-0.2, 0) is 0 Å². The lowest BCUT2D eigenvalue weighted by Crippen LogP contribution is -1.99. The number of nitrogens with zero attached hydrogens (tertiary/aromatic N) is 2. The van der Waals surface area contributed by atoms with Crippen molar-refractivity contribution >= 4 is 17.4 Å². The average Bonchev–Trinajstić information content (AvgIpc) is 2.73. The molecule has 0 aromatic carbocycles. The van der Waals surface area contributed by atoms with Gasteiger partial charge in [-0.2, -0.15) is 9.47 Å². The Morgan fingerprint density at radius 1 is 1.64 bits per heavy atom. The molecule has 74 valence electrons. The first-order chi connectivity index (χ1) is 6.68. The molecule has 4 N–H and O–H groups in total. The second-order valence-corrected chi connectivity index (χ2v) is 3.85. The van der Waals surface area contributed by atoms with Crippen LogP contribution in [0.1, 0.15) is 22.2 Å². The summed E-state index contributed by atoms with van der Waals surface area (Å²) in [5.74, 6) is 0.392. The molecule has 2 heterocycles. The van der Waals surface area contributed by atoms with E-state index in [1.807, 2.05) is 13.0 Å². The maximum atomic E-state index is 9.91. The predicted molar refractivity (Wildman–Crippen MR) is 53.9 cm³/mol. The fraction of sp³-hybridized carbons (Fsp3) is 0.250. The fourth-order valence-corrected chi connectivity index (χ4v) is 1.94. The van der Waals surface area contributed by atoms with Gasteiger partial charge in [-0.15, -0.1) is 0 Å². The Bertz CT molecular complexity index is 436. The molecule has 0 radical (unpaired) electrons. The van der Waals surface area contributed by atoms with Gasteiger partial charge in [0.15, 0.2) is 0 Å². The van der Waals surface area contributed by atoms with Crippen LogP contribution in [0.25, 0.3) is 0 Å². The van der Waals surface area contributed by atoms with Crippen LogP contribution in [-0.4, -0.2) is 19.7 Å². The van der Waals surface area contributed by atoms with E-state index in [0.29, 0.717) is 11.4 Å². The number of hydrogen-bond donors (Lipinski definition) is 3. The van der Waals surface area contributed by atoms with Gasteiger partial charge in [-0.3, -0.25) is 5.10 Å². The van der Waals surface area contributed by atoms with E-state index in [-0.39, 0.29) is 0 Å². The number of aliphatic hydroxyl groups excluding tert-OH is 1. The number of hydrogen-bond acceptors (Lipinski definition) is 5. The molecular formula is C8H10N4OS. The van der Waals surface area contributed by atoms with Crippen LogP contribution >= 0.6 is 11.5 Å². The first kappa shape index (κ1) is 9.17. The molecule has 1 atom stereocenters. The third-order valence-electron chi connectivity index (χ3n) is 1.91. The van der Waals surface area contributed by atoms with E-state index in [9.17, 15) is 5.11 Å². The zero-order chi connectivity index (χ0) is 10.1. The minimum atomic E-state index is -0.736. The van der Waals surface area contributed by atoms with E-state index in [1.54, 1.807) is 0 Å². The summed E-state index contributed by atoms with van der Waals surface area (Å²) < 4.78 is 4.09. The van der Waals surface area contributed by atoms with Gasteiger partial charge in [-0.05, 0) is 24.5 Å². The van der Waals surface area contributed by atoms with Gasteiger partial charge in [-0.25, -0.2) is 0 Å². The molecule has 0 saturated carbocycles. The van der Waals surface area contributed by atoms with Crippen molar-refractivity contribution in [2.24, 2.45) is 0 Å². The number of aliphatic hydroxyl groups is 1. The van der Waals surface area contributed by atoms with Crippen LogP contribution in [0.4, 0.5) is 5.82 Å². The molecule has 0 amide bonds. The van der Waals surface area contributed by atoms with Crippen molar-refractivity contribution in [3.63, 3.8) is 0 Å². The molecule has 2 rings (SSSR count). The molecule has 1 unspecified atom stereocenters. The van der Waals surface area contributed by atoms with Crippen LogP contribution < -0.4 is 5.73 Å². The summed E-state index contributed by atoms with van der Waals surface area (Å²) in [7, 11) is 0. The molecule has 0 aliphatic heterocycles. The number of aromatic nitrogens is 3. The van der Waals surface area contributed by atoms with Crippen molar-refractivity contribution in [2.75, 3.05) is 5.73 Å². The average molecular weight is 210 g/mol. The summed E-state index contributed by atoms with van der Waals surface area (Å²) in [6.45, 7) is 1.88. The van der Waals surface area contributed by atoms with Gasteiger partial charge in [0.2, 0.25) is 0 Å². The Morgan fingerprint density at radius 2 is 2.43 bits per heavy atom. The molecule has 0 saturated heterocycles. The van der Waals surface area contributed by atoms with E-state index in [1.165, 1.54) is 17.7 Å². The third kappa shape index (κ3) is 1.49. The van der Waals surface area contributed by atoms with Crippen molar-refractivity contribution < 1.29 is 5.11 Å². The van der Waals surface area contributed by atoms with Crippen molar-refractivity contribution in [1.29, 1.82) is 0 Å². The summed E-state index contributed by atoms with van der Waals surface area (Å²) in [6.07, 6.45) is 0.787. The number of rotatable bonds is 2. The minimum absolute atomic E-state index is 0.392. The van der Waals surface area contributed by atoms with Crippen LogP contribution in [0.5, 0.6) is 0 Å². The molecule has 0 spiro atoms. The Balaban J connectivity index is 2.33. The number of aryl methyl sites for hydroxylation is 1. The highest BCUT2D eigenvalue weighted by Crippen LogP contribution is 2.27. The Labute approximate surface area is 84.8 Å². The first-order valence-corrected chi connectivity index (χ1v) is 4.86. The Hall–Kier alpha value is -1.40. The van der Waals surface area contributed by atoms with Gasteiger partial charge in [0, 0.05) is 5.56 Å². The standard InChI is InChI=1S/C8H10N4OS/c1-4-2-6(14-12-4)7(13)5-3-10-11-8(5)9/h2-3,7,13H,1H3,(H3,9,10,11). The summed E-state index contributed by atoms with van der Waals surface area (Å²) in [4.78, 5) is 0.774. The van der Waals surface area contributed by atoms with Crippen molar-refractivity contribution in [2.45, 2.75) is 13.0 Å². The monoisotopic (exact) mass is 210 g/mol. The van der Waals surface area contributed by atoms with Gasteiger partial charge < -0.3 is 10.8 Å². The topological polar surface area (TPSA) is 87.8 Å².